The summed E-state index contributed by atoms with van der Waals surface area (Å²) in [4.78, 5) is 26.7. The van der Waals surface area contributed by atoms with Gasteiger partial charge in [0.15, 0.2) is 11.6 Å². The Balaban J connectivity index is 1.10. The molecular weight excluding hydrogens is 482 g/mol. The molecule has 2 fully saturated rings. The SMILES string of the molecule is Nc1ncc(-c2ccc(C(=O)N3CCC(N4CCCC4)CC3)cc2)cc1OCc1nc2ccccc2s1. The molecule has 190 valence electrons. The summed E-state index contributed by atoms with van der Waals surface area (Å²) in [5.74, 6) is 0.980. The van der Waals surface area contributed by atoms with Crippen LogP contribution < -0.4 is 10.5 Å². The number of benzene rings is 2. The zero-order chi connectivity index (χ0) is 25.2. The molecule has 6 rings (SSSR count). The van der Waals surface area contributed by atoms with E-state index in [2.05, 4.69) is 20.9 Å². The first-order valence-electron chi connectivity index (χ1n) is 13.0. The molecule has 37 heavy (non-hydrogen) atoms. The van der Waals surface area contributed by atoms with E-state index in [1.165, 1.54) is 25.9 Å². The molecule has 0 bridgehead atoms. The second-order valence-electron chi connectivity index (χ2n) is 9.82. The van der Waals surface area contributed by atoms with E-state index in [9.17, 15) is 4.79 Å². The van der Waals surface area contributed by atoms with Crippen molar-refractivity contribution in [1.82, 2.24) is 19.8 Å². The Kier molecular flexibility index (Phi) is 6.76. The highest BCUT2D eigenvalue weighted by Crippen LogP contribution is 2.30. The molecule has 7 nitrogen and oxygen atoms in total. The van der Waals surface area contributed by atoms with Gasteiger partial charge in [0.25, 0.3) is 5.91 Å². The highest BCUT2D eigenvalue weighted by atomic mass is 32.1. The molecule has 2 saturated heterocycles. The Morgan fingerprint density at radius 1 is 1.00 bits per heavy atom. The molecule has 1 amide bonds. The number of piperidine rings is 1. The lowest BCUT2D eigenvalue weighted by atomic mass is 10.0. The standard InChI is InChI=1S/C29H31N5O2S/c30-28-25(36-19-27-32-24-5-1-2-6-26(24)37-27)17-22(18-31-28)20-7-9-21(10-8-20)29(35)34-15-11-23(12-16-34)33-13-3-4-14-33/h1-2,5-10,17-18,23H,3-4,11-16,19H2,(H2,30,31). The monoisotopic (exact) mass is 513 g/mol. The van der Waals surface area contributed by atoms with Crippen molar-refractivity contribution >= 4 is 33.3 Å². The molecule has 0 aliphatic carbocycles. The number of amides is 1. The average Bonchev–Trinajstić information content (AvgIpc) is 3.63. The molecule has 2 N–H and O–H groups in total. The number of likely N-dealkylation sites (tertiary alicyclic amines) is 2. The Bertz CT molecular complexity index is 1360. The lowest BCUT2D eigenvalue weighted by Gasteiger charge is -2.36. The van der Waals surface area contributed by atoms with Crippen molar-refractivity contribution in [2.45, 2.75) is 38.3 Å². The molecule has 4 aromatic rings. The first-order chi connectivity index (χ1) is 18.1. The van der Waals surface area contributed by atoms with E-state index in [4.69, 9.17) is 10.5 Å². The van der Waals surface area contributed by atoms with Gasteiger partial charge >= 0.3 is 0 Å². The molecular formula is C29H31N5O2S. The Morgan fingerprint density at radius 2 is 1.76 bits per heavy atom. The van der Waals surface area contributed by atoms with Gasteiger partial charge in [0.2, 0.25) is 0 Å². The van der Waals surface area contributed by atoms with Crippen LogP contribution in [0.25, 0.3) is 21.3 Å². The summed E-state index contributed by atoms with van der Waals surface area (Å²) in [7, 11) is 0. The van der Waals surface area contributed by atoms with E-state index >= 15 is 0 Å². The number of carbonyl (C=O) groups excluding carboxylic acids is 1. The van der Waals surface area contributed by atoms with Gasteiger partial charge in [0.1, 0.15) is 11.6 Å². The Morgan fingerprint density at radius 3 is 2.51 bits per heavy atom. The van der Waals surface area contributed by atoms with Gasteiger partial charge < -0.3 is 20.3 Å². The summed E-state index contributed by atoms with van der Waals surface area (Å²) in [6.45, 7) is 4.43. The number of nitrogens with zero attached hydrogens (tertiary/aromatic N) is 4. The molecule has 0 unspecified atom stereocenters. The molecule has 8 heteroatoms. The number of hydrogen-bond acceptors (Lipinski definition) is 7. The Labute approximate surface area is 220 Å². The normalized spacial score (nSPS) is 16.9. The summed E-state index contributed by atoms with van der Waals surface area (Å²) in [5.41, 5.74) is 9.63. The van der Waals surface area contributed by atoms with Crippen molar-refractivity contribution < 1.29 is 9.53 Å². The van der Waals surface area contributed by atoms with Crippen LogP contribution in [0.4, 0.5) is 5.82 Å². The highest BCUT2D eigenvalue weighted by molar-refractivity contribution is 7.18. The van der Waals surface area contributed by atoms with Crippen molar-refractivity contribution in [3.05, 3.63) is 71.4 Å². The predicted octanol–water partition coefficient (Wildman–Crippen LogP) is 5.22. The summed E-state index contributed by atoms with van der Waals surface area (Å²) < 4.78 is 7.13. The smallest absolute Gasteiger partial charge is 0.253 e. The van der Waals surface area contributed by atoms with Crippen LogP contribution in [-0.2, 0) is 6.61 Å². The molecule has 2 aliphatic heterocycles. The van der Waals surface area contributed by atoms with E-state index in [0.29, 0.717) is 24.2 Å². The molecule has 0 atom stereocenters. The minimum absolute atomic E-state index is 0.113. The van der Waals surface area contributed by atoms with Gasteiger partial charge in [0, 0.05) is 36.5 Å². The summed E-state index contributed by atoms with van der Waals surface area (Å²) in [5, 5.41) is 0.887. The quantitative estimate of drug-likeness (QED) is 0.381. The van der Waals surface area contributed by atoms with Gasteiger partial charge in [-0.1, -0.05) is 24.3 Å². The van der Waals surface area contributed by atoms with Gasteiger partial charge in [-0.15, -0.1) is 11.3 Å². The number of carbonyl (C=O) groups is 1. The van der Waals surface area contributed by atoms with Gasteiger partial charge in [-0.3, -0.25) is 4.79 Å². The lowest BCUT2D eigenvalue weighted by molar-refractivity contribution is 0.0644. The number of nitrogens with two attached hydrogens (primary N) is 1. The van der Waals surface area contributed by atoms with Crippen LogP contribution in [-0.4, -0.2) is 57.9 Å². The largest absolute Gasteiger partial charge is 0.483 e. The zero-order valence-corrected chi connectivity index (χ0v) is 21.6. The molecule has 2 aromatic heterocycles. The first kappa shape index (κ1) is 23.9. The van der Waals surface area contributed by atoms with Crippen LogP contribution in [0.15, 0.2) is 60.8 Å². The number of nitrogen functional groups attached to an aromatic ring is 1. The van der Waals surface area contributed by atoms with E-state index in [1.807, 2.05) is 53.4 Å². The summed E-state index contributed by atoms with van der Waals surface area (Å²) in [6.07, 6.45) is 6.50. The van der Waals surface area contributed by atoms with E-state index in [0.717, 1.165) is 57.8 Å². The topological polar surface area (TPSA) is 84.6 Å². The number of pyridine rings is 1. The number of rotatable bonds is 6. The van der Waals surface area contributed by atoms with Crippen LogP contribution >= 0.6 is 11.3 Å². The number of thiazole rings is 1. The maximum Gasteiger partial charge on any atom is 0.253 e. The van der Waals surface area contributed by atoms with Gasteiger partial charge in [-0.2, -0.15) is 0 Å². The van der Waals surface area contributed by atoms with Crippen molar-refractivity contribution in [2.75, 3.05) is 31.9 Å². The molecule has 4 heterocycles. The molecule has 2 aromatic carbocycles. The second-order valence-corrected chi connectivity index (χ2v) is 10.9. The van der Waals surface area contributed by atoms with Crippen LogP contribution in [0.3, 0.4) is 0 Å². The summed E-state index contributed by atoms with van der Waals surface area (Å²) in [6, 6.07) is 18.3. The van der Waals surface area contributed by atoms with Gasteiger partial charge in [-0.05, 0) is 74.7 Å². The number of hydrogen-bond donors (Lipinski definition) is 1. The fourth-order valence-corrected chi connectivity index (χ4v) is 6.26. The third-order valence-electron chi connectivity index (χ3n) is 7.45. The maximum absolute atomic E-state index is 13.1. The molecule has 0 radical (unpaired) electrons. The average molecular weight is 514 g/mol. The maximum atomic E-state index is 13.1. The van der Waals surface area contributed by atoms with Crippen LogP contribution in [0.1, 0.15) is 41.0 Å². The number of anilines is 1. The molecule has 0 spiro atoms. The number of ether oxygens (including phenoxy) is 1. The Hall–Kier alpha value is -3.49. The van der Waals surface area contributed by atoms with Crippen molar-refractivity contribution in [3.8, 4) is 16.9 Å². The minimum atomic E-state index is 0.113. The fourth-order valence-electron chi connectivity index (χ4n) is 5.38. The second kappa shape index (κ2) is 10.5. The fraction of sp³-hybridized carbons (Fsp3) is 0.345. The number of para-hydroxylation sites is 1. The van der Waals surface area contributed by atoms with E-state index in [1.54, 1.807) is 17.5 Å². The van der Waals surface area contributed by atoms with Crippen LogP contribution in [0.5, 0.6) is 5.75 Å². The third kappa shape index (κ3) is 5.17. The van der Waals surface area contributed by atoms with Crippen LogP contribution in [0, 0.1) is 0 Å². The van der Waals surface area contributed by atoms with Gasteiger partial charge in [0.05, 0.1) is 10.2 Å². The third-order valence-corrected chi connectivity index (χ3v) is 8.45. The minimum Gasteiger partial charge on any atom is -0.483 e. The van der Waals surface area contributed by atoms with E-state index in [-0.39, 0.29) is 5.91 Å². The van der Waals surface area contributed by atoms with E-state index < -0.39 is 0 Å². The number of aromatic nitrogens is 2. The molecule has 2 aliphatic rings. The highest BCUT2D eigenvalue weighted by Gasteiger charge is 2.28. The first-order valence-corrected chi connectivity index (χ1v) is 13.8. The van der Waals surface area contributed by atoms with Crippen molar-refractivity contribution in [3.63, 3.8) is 0 Å². The predicted molar refractivity (Wildman–Crippen MR) is 148 cm³/mol. The van der Waals surface area contributed by atoms with Crippen molar-refractivity contribution in [2.24, 2.45) is 0 Å². The summed E-state index contributed by atoms with van der Waals surface area (Å²) >= 11 is 1.61. The van der Waals surface area contributed by atoms with Crippen molar-refractivity contribution in [1.29, 1.82) is 0 Å². The number of fused-ring (bicyclic) bond motifs is 1. The lowest BCUT2D eigenvalue weighted by Crippen LogP contribution is -2.45. The van der Waals surface area contributed by atoms with Crippen LogP contribution in [0.2, 0.25) is 0 Å². The molecule has 0 saturated carbocycles. The zero-order valence-electron chi connectivity index (χ0n) is 20.8. The van der Waals surface area contributed by atoms with Gasteiger partial charge in [-0.25, -0.2) is 9.97 Å².